The van der Waals surface area contributed by atoms with Crippen molar-refractivity contribution >= 4 is 5.97 Å². The maximum Gasteiger partial charge on any atom is 0.303 e. The van der Waals surface area contributed by atoms with Gasteiger partial charge in [-0.1, -0.05) is 29.8 Å². The van der Waals surface area contributed by atoms with E-state index in [1.165, 1.54) is 11.1 Å². The van der Waals surface area contributed by atoms with E-state index < -0.39 is 5.97 Å². The Kier molecular flexibility index (Phi) is 4.59. The summed E-state index contributed by atoms with van der Waals surface area (Å²) >= 11 is 0. The lowest BCUT2D eigenvalue weighted by molar-refractivity contribution is -0.138. The van der Waals surface area contributed by atoms with Gasteiger partial charge in [0.05, 0.1) is 0 Å². The van der Waals surface area contributed by atoms with Crippen LogP contribution in [-0.2, 0) is 4.79 Å². The molecule has 0 aromatic heterocycles. The zero-order valence-corrected chi connectivity index (χ0v) is 11.8. The molecule has 1 unspecified atom stereocenters. The van der Waals surface area contributed by atoms with Gasteiger partial charge in [0.2, 0.25) is 0 Å². The molecule has 0 saturated carbocycles. The van der Waals surface area contributed by atoms with Crippen molar-refractivity contribution in [3.05, 3.63) is 35.4 Å². The summed E-state index contributed by atoms with van der Waals surface area (Å²) in [5.41, 5.74) is 2.64. The normalized spacial score (nSPS) is 19.3. The van der Waals surface area contributed by atoms with Gasteiger partial charge in [-0.2, -0.15) is 0 Å². The lowest BCUT2D eigenvalue weighted by Crippen LogP contribution is -2.36. The smallest absolute Gasteiger partial charge is 0.303 e. The molecule has 1 aromatic rings. The molecule has 0 radical (unpaired) electrons. The predicted octanol–water partition coefficient (Wildman–Crippen LogP) is 3.24. The van der Waals surface area contributed by atoms with Crippen molar-refractivity contribution in [2.24, 2.45) is 5.92 Å². The molecular weight excluding hydrogens is 238 g/mol. The number of likely N-dealkylation sites (tertiary alicyclic amines) is 1. The third-order valence-electron chi connectivity index (χ3n) is 4.22. The molecule has 1 aromatic carbocycles. The van der Waals surface area contributed by atoms with Crippen LogP contribution in [0.4, 0.5) is 0 Å². The second-order valence-electron chi connectivity index (χ2n) is 5.66. The van der Waals surface area contributed by atoms with Gasteiger partial charge in [-0.15, -0.1) is 0 Å². The standard InChI is InChI=1S/C16H23NO2/c1-12-3-5-15(6-4-12)13(2)17-9-7-14(8-10-17)11-16(18)19/h3-6,13-14H,7-11H2,1-2H3,(H,18,19). The van der Waals surface area contributed by atoms with Gasteiger partial charge in [0, 0.05) is 12.5 Å². The maximum atomic E-state index is 10.7. The number of hydrogen-bond acceptors (Lipinski definition) is 2. The van der Waals surface area contributed by atoms with Crippen LogP contribution >= 0.6 is 0 Å². The number of piperidine rings is 1. The number of rotatable bonds is 4. The summed E-state index contributed by atoms with van der Waals surface area (Å²) in [4.78, 5) is 13.2. The number of aryl methyl sites for hydroxylation is 1. The zero-order valence-electron chi connectivity index (χ0n) is 11.8. The van der Waals surface area contributed by atoms with E-state index in [0.717, 1.165) is 25.9 Å². The Hall–Kier alpha value is -1.35. The van der Waals surface area contributed by atoms with Gasteiger partial charge in [-0.25, -0.2) is 0 Å². The van der Waals surface area contributed by atoms with Crippen molar-refractivity contribution in [2.45, 2.75) is 39.2 Å². The van der Waals surface area contributed by atoms with Crippen molar-refractivity contribution < 1.29 is 9.90 Å². The number of hydrogen-bond donors (Lipinski definition) is 1. The van der Waals surface area contributed by atoms with E-state index in [4.69, 9.17) is 5.11 Å². The van der Waals surface area contributed by atoms with Gasteiger partial charge in [-0.3, -0.25) is 9.69 Å². The molecule has 0 spiro atoms. The van der Waals surface area contributed by atoms with Crippen LogP contribution in [0.25, 0.3) is 0 Å². The third kappa shape index (κ3) is 3.80. The van der Waals surface area contributed by atoms with Crippen molar-refractivity contribution in [1.82, 2.24) is 4.90 Å². The zero-order chi connectivity index (χ0) is 13.8. The maximum absolute atomic E-state index is 10.7. The third-order valence-corrected chi connectivity index (χ3v) is 4.22. The van der Waals surface area contributed by atoms with Crippen LogP contribution in [0.2, 0.25) is 0 Å². The second-order valence-corrected chi connectivity index (χ2v) is 5.66. The molecule has 3 heteroatoms. The fourth-order valence-electron chi connectivity index (χ4n) is 2.85. The van der Waals surface area contributed by atoms with Crippen molar-refractivity contribution in [3.8, 4) is 0 Å². The SMILES string of the molecule is Cc1ccc(C(C)N2CCC(CC(=O)O)CC2)cc1. The Morgan fingerprint density at radius 2 is 1.89 bits per heavy atom. The minimum absolute atomic E-state index is 0.326. The Bertz CT molecular complexity index is 419. The van der Waals surface area contributed by atoms with Crippen LogP contribution < -0.4 is 0 Å². The van der Waals surface area contributed by atoms with Crippen LogP contribution in [0.15, 0.2) is 24.3 Å². The molecule has 2 rings (SSSR count). The van der Waals surface area contributed by atoms with E-state index in [2.05, 4.69) is 43.0 Å². The fourth-order valence-corrected chi connectivity index (χ4v) is 2.85. The van der Waals surface area contributed by atoms with Crippen LogP contribution in [0, 0.1) is 12.8 Å². The predicted molar refractivity (Wildman–Crippen MR) is 76.1 cm³/mol. The Morgan fingerprint density at radius 1 is 1.32 bits per heavy atom. The summed E-state index contributed by atoms with van der Waals surface area (Å²) in [6.07, 6.45) is 2.33. The summed E-state index contributed by atoms with van der Waals surface area (Å²) in [6, 6.07) is 9.13. The molecule has 104 valence electrons. The highest BCUT2D eigenvalue weighted by Crippen LogP contribution is 2.28. The van der Waals surface area contributed by atoms with E-state index in [1.807, 2.05) is 0 Å². The fraction of sp³-hybridized carbons (Fsp3) is 0.562. The molecule has 3 nitrogen and oxygen atoms in total. The Labute approximate surface area is 115 Å². The molecular formula is C16H23NO2. The molecule has 1 aliphatic rings. The minimum Gasteiger partial charge on any atom is -0.481 e. The molecule has 1 heterocycles. The number of benzene rings is 1. The first-order valence-electron chi connectivity index (χ1n) is 7.08. The van der Waals surface area contributed by atoms with Gasteiger partial charge in [0.1, 0.15) is 0 Å². The van der Waals surface area contributed by atoms with Crippen LogP contribution in [0.3, 0.4) is 0 Å². The molecule has 1 fully saturated rings. The van der Waals surface area contributed by atoms with Crippen LogP contribution in [-0.4, -0.2) is 29.1 Å². The highest BCUT2D eigenvalue weighted by Gasteiger charge is 2.24. The summed E-state index contributed by atoms with van der Waals surface area (Å²) in [5, 5.41) is 8.83. The molecule has 1 saturated heterocycles. The highest BCUT2D eigenvalue weighted by atomic mass is 16.4. The quantitative estimate of drug-likeness (QED) is 0.904. The topological polar surface area (TPSA) is 40.5 Å². The number of aliphatic carboxylic acids is 1. The van der Waals surface area contributed by atoms with Gasteiger partial charge in [-0.05, 0) is 51.3 Å². The average molecular weight is 261 g/mol. The molecule has 0 amide bonds. The van der Waals surface area contributed by atoms with E-state index in [0.29, 0.717) is 18.4 Å². The molecule has 0 bridgehead atoms. The molecule has 19 heavy (non-hydrogen) atoms. The average Bonchev–Trinajstić information content (AvgIpc) is 2.39. The first-order valence-corrected chi connectivity index (χ1v) is 7.08. The van der Waals surface area contributed by atoms with Gasteiger partial charge in [0.15, 0.2) is 0 Å². The number of carbonyl (C=O) groups is 1. The molecule has 1 atom stereocenters. The first-order chi connectivity index (χ1) is 9.06. The monoisotopic (exact) mass is 261 g/mol. The van der Waals surface area contributed by atoms with E-state index in [1.54, 1.807) is 0 Å². The Balaban J connectivity index is 1.90. The molecule has 1 aliphatic heterocycles. The van der Waals surface area contributed by atoms with Crippen molar-refractivity contribution in [1.29, 1.82) is 0 Å². The molecule has 0 aliphatic carbocycles. The minimum atomic E-state index is -0.662. The van der Waals surface area contributed by atoms with Gasteiger partial charge in [0.25, 0.3) is 0 Å². The molecule has 1 N–H and O–H groups in total. The first kappa shape index (κ1) is 14.1. The number of carboxylic acids is 1. The Morgan fingerprint density at radius 3 is 2.42 bits per heavy atom. The van der Waals surface area contributed by atoms with E-state index in [-0.39, 0.29) is 0 Å². The summed E-state index contributed by atoms with van der Waals surface area (Å²) in [7, 11) is 0. The lowest BCUT2D eigenvalue weighted by atomic mass is 9.92. The van der Waals surface area contributed by atoms with E-state index in [9.17, 15) is 4.79 Å². The van der Waals surface area contributed by atoms with Crippen LogP contribution in [0.1, 0.15) is 43.4 Å². The number of nitrogens with zero attached hydrogens (tertiary/aromatic N) is 1. The van der Waals surface area contributed by atoms with Crippen LogP contribution in [0.5, 0.6) is 0 Å². The number of carboxylic acid groups (broad SMARTS) is 1. The van der Waals surface area contributed by atoms with Crippen molar-refractivity contribution in [3.63, 3.8) is 0 Å². The highest BCUT2D eigenvalue weighted by molar-refractivity contribution is 5.67. The van der Waals surface area contributed by atoms with E-state index >= 15 is 0 Å². The van der Waals surface area contributed by atoms with Crippen molar-refractivity contribution in [2.75, 3.05) is 13.1 Å². The van der Waals surface area contributed by atoms with Gasteiger partial charge >= 0.3 is 5.97 Å². The van der Waals surface area contributed by atoms with Gasteiger partial charge < -0.3 is 5.11 Å². The summed E-state index contributed by atoms with van der Waals surface area (Å²) < 4.78 is 0. The largest absolute Gasteiger partial charge is 0.481 e. The second kappa shape index (κ2) is 6.20. The lowest BCUT2D eigenvalue weighted by Gasteiger charge is -2.35. The summed E-state index contributed by atoms with van der Waals surface area (Å²) in [6.45, 7) is 6.36. The summed E-state index contributed by atoms with van der Waals surface area (Å²) in [5.74, 6) is -0.302.